The number of aryl methyl sites for hydroxylation is 2. The molecule has 2 N–H and O–H groups in total. The molecule has 0 unspecified atom stereocenters. The van der Waals surface area contributed by atoms with Crippen molar-refractivity contribution in [3.05, 3.63) is 46.2 Å². The van der Waals surface area contributed by atoms with Crippen molar-refractivity contribution in [1.82, 2.24) is 10.2 Å². The number of rotatable bonds is 5. The number of aliphatic hydroxyl groups is 1. The van der Waals surface area contributed by atoms with Crippen molar-refractivity contribution in [2.24, 2.45) is 0 Å². The molecule has 2 amide bonds. The third kappa shape index (κ3) is 4.32. The largest absolute Gasteiger partial charge is 0.503 e. The number of aliphatic hydroxyl groups excluding tert-OH is 1. The Morgan fingerprint density at radius 3 is 2.60 bits per heavy atom. The molecule has 0 radical (unpaired) electrons. The van der Waals surface area contributed by atoms with Crippen molar-refractivity contribution in [2.45, 2.75) is 25.9 Å². The predicted octanol–water partition coefficient (Wildman–Crippen LogP) is 2.35. The van der Waals surface area contributed by atoms with Crippen molar-refractivity contribution < 1.29 is 27.9 Å². The maximum Gasteiger partial charge on any atom is 0.416 e. The van der Waals surface area contributed by atoms with E-state index < -0.39 is 29.3 Å². The van der Waals surface area contributed by atoms with Gasteiger partial charge in [0.2, 0.25) is 0 Å². The Morgan fingerprint density at radius 1 is 1.36 bits per heavy atom. The van der Waals surface area contributed by atoms with E-state index in [-0.39, 0.29) is 24.2 Å². The Bertz CT molecular complexity index is 726. The lowest BCUT2D eigenvalue weighted by Gasteiger charge is -2.12. The van der Waals surface area contributed by atoms with Crippen LogP contribution in [0.2, 0.25) is 0 Å². The van der Waals surface area contributed by atoms with Gasteiger partial charge in [-0.2, -0.15) is 13.2 Å². The zero-order chi connectivity index (χ0) is 18.8. The number of alkyl halides is 3. The highest BCUT2D eigenvalue weighted by molar-refractivity contribution is 6.06. The van der Waals surface area contributed by atoms with E-state index in [0.29, 0.717) is 18.4 Å². The number of hydrogen-bond acceptors (Lipinski definition) is 3. The molecule has 0 saturated carbocycles. The second kappa shape index (κ2) is 7.16. The van der Waals surface area contributed by atoms with E-state index in [9.17, 15) is 27.9 Å². The summed E-state index contributed by atoms with van der Waals surface area (Å²) in [5.74, 6) is -1.71. The summed E-state index contributed by atoms with van der Waals surface area (Å²) in [6.07, 6.45) is -3.59. The first-order chi connectivity index (χ1) is 11.6. The fraction of sp³-hybridized carbons (Fsp3) is 0.412. The van der Waals surface area contributed by atoms with Gasteiger partial charge < -0.3 is 15.3 Å². The Morgan fingerprint density at radius 2 is 2.04 bits per heavy atom. The Labute approximate surface area is 143 Å². The number of carbonyl (C=O) groups is 2. The normalized spacial score (nSPS) is 15.1. The Hall–Kier alpha value is -2.51. The monoisotopic (exact) mass is 356 g/mol. The molecule has 0 bridgehead atoms. The van der Waals surface area contributed by atoms with Gasteiger partial charge in [-0.25, -0.2) is 0 Å². The van der Waals surface area contributed by atoms with Crippen LogP contribution in [-0.4, -0.2) is 42.0 Å². The van der Waals surface area contributed by atoms with E-state index in [2.05, 4.69) is 5.32 Å². The smallest absolute Gasteiger partial charge is 0.416 e. The lowest BCUT2D eigenvalue weighted by atomic mass is 10.0. The fourth-order valence-electron chi connectivity index (χ4n) is 2.60. The van der Waals surface area contributed by atoms with Gasteiger partial charge in [-0.05, 0) is 37.0 Å². The quantitative estimate of drug-likeness (QED) is 0.796. The average molecular weight is 356 g/mol. The molecule has 2 rings (SSSR count). The molecule has 0 atom stereocenters. The molecule has 1 aliphatic rings. The maximum absolute atomic E-state index is 12.9. The van der Waals surface area contributed by atoms with Crippen molar-refractivity contribution in [2.75, 3.05) is 20.1 Å². The van der Waals surface area contributed by atoms with Crippen molar-refractivity contribution >= 4 is 11.8 Å². The molecular weight excluding hydrogens is 337 g/mol. The molecule has 0 aliphatic carbocycles. The Balaban J connectivity index is 1.88. The van der Waals surface area contributed by atoms with Gasteiger partial charge in [-0.1, -0.05) is 12.1 Å². The molecule has 136 valence electrons. The van der Waals surface area contributed by atoms with Crippen LogP contribution in [0, 0.1) is 6.92 Å². The third-order valence-electron chi connectivity index (χ3n) is 4.04. The van der Waals surface area contributed by atoms with Gasteiger partial charge in [0.25, 0.3) is 11.8 Å². The summed E-state index contributed by atoms with van der Waals surface area (Å²) < 4.78 is 38.6. The van der Waals surface area contributed by atoms with Gasteiger partial charge in [-0.15, -0.1) is 0 Å². The van der Waals surface area contributed by atoms with E-state index in [1.165, 1.54) is 24.9 Å². The number of likely N-dealkylation sites (N-methyl/N-ethyl adjacent to an activating group) is 1. The number of halogens is 3. The van der Waals surface area contributed by atoms with Crippen LogP contribution in [0.25, 0.3) is 0 Å². The van der Waals surface area contributed by atoms with Gasteiger partial charge >= 0.3 is 6.18 Å². The lowest BCUT2D eigenvalue weighted by molar-refractivity contribution is -0.138. The van der Waals surface area contributed by atoms with Crippen LogP contribution < -0.4 is 5.32 Å². The fourth-order valence-corrected chi connectivity index (χ4v) is 2.60. The van der Waals surface area contributed by atoms with Gasteiger partial charge in [0.15, 0.2) is 5.76 Å². The van der Waals surface area contributed by atoms with Crippen molar-refractivity contribution in [3.63, 3.8) is 0 Å². The zero-order valence-corrected chi connectivity index (χ0v) is 13.9. The summed E-state index contributed by atoms with van der Waals surface area (Å²) in [5.41, 5.74) is 0.0470. The molecule has 0 fully saturated rings. The van der Waals surface area contributed by atoms with E-state index in [4.69, 9.17) is 0 Å². The minimum absolute atomic E-state index is 0.00203. The minimum atomic E-state index is -4.39. The van der Waals surface area contributed by atoms with Gasteiger partial charge in [0.1, 0.15) is 0 Å². The molecule has 1 heterocycles. The van der Waals surface area contributed by atoms with Gasteiger partial charge in [0, 0.05) is 13.6 Å². The molecule has 25 heavy (non-hydrogen) atoms. The van der Waals surface area contributed by atoms with Gasteiger partial charge in [-0.3, -0.25) is 9.59 Å². The number of nitrogens with zero attached hydrogens (tertiary/aromatic N) is 1. The van der Waals surface area contributed by atoms with Crippen molar-refractivity contribution in [1.29, 1.82) is 0 Å². The summed E-state index contributed by atoms with van der Waals surface area (Å²) in [4.78, 5) is 24.6. The lowest BCUT2D eigenvalue weighted by Crippen LogP contribution is -2.29. The van der Waals surface area contributed by atoms with Crippen LogP contribution in [0.15, 0.2) is 29.5 Å². The number of carbonyl (C=O) groups excluding carboxylic acids is 2. The number of amides is 2. The highest BCUT2D eigenvalue weighted by Crippen LogP contribution is 2.32. The first-order valence-corrected chi connectivity index (χ1v) is 7.73. The number of hydrogen-bond donors (Lipinski definition) is 2. The summed E-state index contributed by atoms with van der Waals surface area (Å²) in [6, 6.07) is 4.18. The van der Waals surface area contributed by atoms with E-state index in [1.807, 2.05) is 0 Å². The molecule has 1 aromatic carbocycles. The standard InChI is InChI=1S/C17H19F3N2O3/c1-10-5-6-11(8-13(10)17(18,19)20)4-3-7-21-15(24)12-9-22(2)16(25)14(12)23/h5-6,8,23H,3-4,7,9H2,1-2H3,(H,21,24). The molecule has 1 aliphatic heterocycles. The van der Waals surface area contributed by atoms with Crippen LogP contribution in [0.3, 0.4) is 0 Å². The summed E-state index contributed by atoms with van der Waals surface area (Å²) in [5, 5.41) is 12.2. The van der Waals surface area contributed by atoms with E-state index in [0.717, 1.165) is 6.07 Å². The first kappa shape index (κ1) is 18.8. The zero-order valence-electron chi connectivity index (χ0n) is 13.9. The predicted molar refractivity (Wildman–Crippen MR) is 84.8 cm³/mol. The van der Waals surface area contributed by atoms with Crippen LogP contribution >= 0.6 is 0 Å². The third-order valence-corrected chi connectivity index (χ3v) is 4.04. The number of nitrogens with one attached hydrogen (secondary N) is 1. The molecule has 0 aromatic heterocycles. The minimum Gasteiger partial charge on any atom is -0.503 e. The van der Waals surface area contributed by atoms with Crippen molar-refractivity contribution in [3.8, 4) is 0 Å². The summed E-state index contributed by atoms with van der Waals surface area (Å²) in [6.45, 7) is 1.67. The molecule has 8 heteroatoms. The maximum atomic E-state index is 12.9. The molecule has 5 nitrogen and oxygen atoms in total. The number of benzene rings is 1. The second-order valence-electron chi connectivity index (χ2n) is 5.99. The highest BCUT2D eigenvalue weighted by atomic mass is 19.4. The second-order valence-corrected chi connectivity index (χ2v) is 5.99. The van der Waals surface area contributed by atoms with E-state index in [1.54, 1.807) is 6.07 Å². The SMILES string of the molecule is Cc1ccc(CCCNC(=O)C2=C(O)C(=O)N(C)C2)cc1C(F)(F)F. The summed E-state index contributed by atoms with van der Waals surface area (Å²) in [7, 11) is 1.47. The molecular formula is C17H19F3N2O3. The Kier molecular flexibility index (Phi) is 5.39. The summed E-state index contributed by atoms with van der Waals surface area (Å²) >= 11 is 0. The van der Waals surface area contributed by atoms with Gasteiger partial charge in [0.05, 0.1) is 17.7 Å². The van der Waals surface area contributed by atoms with Crippen LogP contribution in [0.5, 0.6) is 0 Å². The highest BCUT2D eigenvalue weighted by Gasteiger charge is 2.32. The molecule has 1 aromatic rings. The average Bonchev–Trinajstić information content (AvgIpc) is 2.79. The van der Waals surface area contributed by atoms with E-state index >= 15 is 0 Å². The molecule has 0 spiro atoms. The van der Waals surface area contributed by atoms with Crippen LogP contribution in [0.1, 0.15) is 23.1 Å². The van der Waals surface area contributed by atoms with Crippen LogP contribution in [0.4, 0.5) is 13.2 Å². The van der Waals surface area contributed by atoms with Crippen LogP contribution in [-0.2, 0) is 22.2 Å². The first-order valence-electron chi connectivity index (χ1n) is 7.73. The molecule has 0 saturated heterocycles. The topological polar surface area (TPSA) is 69.6 Å².